The van der Waals surface area contributed by atoms with Gasteiger partial charge in [-0.15, -0.1) is 0 Å². The summed E-state index contributed by atoms with van der Waals surface area (Å²) in [5.41, 5.74) is 6.96. The Kier molecular flexibility index (Phi) is 6.02. The zero-order chi connectivity index (χ0) is 22.8. The maximum Gasteiger partial charge on any atom is 0.116 e. The third kappa shape index (κ3) is 4.86. The van der Waals surface area contributed by atoms with Gasteiger partial charge in [0.05, 0.1) is 46.3 Å². The molecule has 4 aromatic heterocycles. The zero-order valence-electron chi connectivity index (χ0n) is 19.3. The van der Waals surface area contributed by atoms with Gasteiger partial charge in [0.2, 0.25) is 0 Å². The summed E-state index contributed by atoms with van der Waals surface area (Å²) in [4.78, 5) is 24.3. The number of pyridine rings is 3. The highest BCUT2D eigenvalue weighted by Crippen LogP contribution is 2.28. The van der Waals surface area contributed by atoms with E-state index in [0.717, 1.165) is 71.4 Å². The highest BCUT2D eigenvalue weighted by molar-refractivity contribution is 5.82. The molecule has 1 saturated heterocycles. The van der Waals surface area contributed by atoms with Crippen LogP contribution in [0.1, 0.15) is 19.5 Å². The van der Waals surface area contributed by atoms with Crippen molar-refractivity contribution in [2.45, 2.75) is 32.9 Å². The van der Waals surface area contributed by atoms with Crippen molar-refractivity contribution in [3.05, 3.63) is 54.6 Å². The Morgan fingerprint density at radius 1 is 1.00 bits per heavy atom. The van der Waals surface area contributed by atoms with Gasteiger partial charge in [-0.25, -0.2) is 9.97 Å². The molecule has 1 aliphatic rings. The van der Waals surface area contributed by atoms with Gasteiger partial charge in [-0.05, 0) is 51.1 Å². The third-order valence-corrected chi connectivity index (χ3v) is 5.95. The van der Waals surface area contributed by atoms with E-state index in [1.165, 1.54) is 0 Å². The van der Waals surface area contributed by atoms with E-state index in [9.17, 15) is 0 Å². The van der Waals surface area contributed by atoms with Crippen molar-refractivity contribution in [3.63, 3.8) is 0 Å². The second kappa shape index (κ2) is 9.25. The van der Waals surface area contributed by atoms with Crippen LogP contribution in [0.4, 0.5) is 5.69 Å². The van der Waals surface area contributed by atoms with Crippen molar-refractivity contribution < 1.29 is 0 Å². The van der Waals surface area contributed by atoms with Crippen molar-refractivity contribution in [2.75, 3.05) is 31.5 Å². The van der Waals surface area contributed by atoms with Crippen LogP contribution in [0, 0.1) is 6.92 Å². The molecule has 5 rings (SSSR count). The molecule has 5 heterocycles. The van der Waals surface area contributed by atoms with E-state index in [4.69, 9.17) is 4.98 Å². The average Bonchev–Trinajstić information content (AvgIpc) is 3.28. The van der Waals surface area contributed by atoms with Crippen LogP contribution >= 0.6 is 0 Å². The molecular weight excluding hydrogens is 412 g/mol. The molecule has 0 bridgehead atoms. The van der Waals surface area contributed by atoms with Crippen LogP contribution in [0.25, 0.3) is 33.8 Å². The van der Waals surface area contributed by atoms with Crippen LogP contribution in [0.3, 0.4) is 0 Å². The highest BCUT2D eigenvalue weighted by atomic mass is 15.2. The minimum atomic E-state index is 0.529. The van der Waals surface area contributed by atoms with Gasteiger partial charge < -0.3 is 15.6 Å². The number of anilines is 1. The minimum absolute atomic E-state index is 0.529. The summed E-state index contributed by atoms with van der Waals surface area (Å²) in [6.45, 7) is 10.5. The van der Waals surface area contributed by atoms with Gasteiger partial charge >= 0.3 is 0 Å². The molecule has 170 valence electrons. The normalized spacial score (nSPS) is 19.1. The lowest BCUT2D eigenvalue weighted by atomic mass is 10.1. The average molecular weight is 443 g/mol. The first-order valence-electron chi connectivity index (χ1n) is 11.5. The molecule has 0 aliphatic carbocycles. The fraction of sp³-hybridized carbons (Fsp3) is 0.360. The van der Waals surface area contributed by atoms with Gasteiger partial charge in [0.25, 0.3) is 0 Å². The number of hydrogen-bond donors (Lipinski definition) is 3. The van der Waals surface area contributed by atoms with E-state index in [1.54, 1.807) is 6.33 Å². The summed E-state index contributed by atoms with van der Waals surface area (Å²) >= 11 is 0. The van der Waals surface area contributed by atoms with Crippen molar-refractivity contribution >= 4 is 16.7 Å². The summed E-state index contributed by atoms with van der Waals surface area (Å²) in [5.74, 6) is 0. The van der Waals surface area contributed by atoms with Gasteiger partial charge in [-0.1, -0.05) is 6.07 Å². The van der Waals surface area contributed by atoms with Gasteiger partial charge in [0.15, 0.2) is 0 Å². The fourth-order valence-corrected chi connectivity index (χ4v) is 4.58. The quantitative estimate of drug-likeness (QED) is 0.421. The Labute approximate surface area is 193 Å². The van der Waals surface area contributed by atoms with Gasteiger partial charge in [-0.3, -0.25) is 14.9 Å². The lowest BCUT2D eigenvalue weighted by molar-refractivity contribution is 0.179. The molecule has 1 fully saturated rings. The molecule has 0 aromatic carbocycles. The maximum atomic E-state index is 4.88. The van der Waals surface area contributed by atoms with Crippen molar-refractivity contribution in [1.29, 1.82) is 0 Å². The number of piperazine rings is 1. The Hall–Kier alpha value is -3.36. The lowest BCUT2D eigenvalue weighted by Gasteiger charge is -2.36. The highest BCUT2D eigenvalue weighted by Gasteiger charge is 2.20. The number of rotatable bonds is 6. The Morgan fingerprint density at radius 3 is 2.67 bits per heavy atom. The van der Waals surface area contributed by atoms with Gasteiger partial charge in [-0.2, -0.15) is 0 Å². The molecular formula is C25H30N8. The SMILES string of the molecule is Cc1cccc(-c2nc[nH]c2-c2ccc3ncc(NCCN4C[C@@H](C)N[C@@H](C)C4)cc3n2)n1. The molecule has 33 heavy (non-hydrogen) atoms. The molecule has 3 N–H and O–H groups in total. The topological polar surface area (TPSA) is 94.7 Å². The predicted molar refractivity (Wildman–Crippen MR) is 132 cm³/mol. The van der Waals surface area contributed by atoms with Crippen LogP contribution in [0.5, 0.6) is 0 Å². The molecule has 2 atom stereocenters. The number of fused-ring (bicyclic) bond motifs is 1. The molecule has 1 aliphatic heterocycles. The second-order valence-electron chi connectivity index (χ2n) is 8.90. The van der Waals surface area contributed by atoms with Crippen LogP contribution < -0.4 is 10.6 Å². The summed E-state index contributed by atoms with van der Waals surface area (Å²) < 4.78 is 0. The van der Waals surface area contributed by atoms with E-state index in [0.29, 0.717) is 12.1 Å². The predicted octanol–water partition coefficient (Wildman–Crippen LogP) is 3.48. The third-order valence-electron chi connectivity index (χ3n) is 5.95. The van der Waals surface area contributed by atoms with E-state index >= 15 is 0 Å². The number of nitrogens with one attached hydrogen (secondary N) is 3. The minimum Gasteiger partial charge on any atom is -0.382 e. The molecule has 0 radical (unpaired) electrons. The van der Waals surface area contributed by atoms with Gasteiger partial charge in [0, 0.05) is 44.0 Å². The Bertz CT molecular complexity index is 1240. The molecule has 8 heteroatoms. The molecule has 0 amide bonds. The Balaban J connectivity index is 1.33. The maximum absolute atomic E-state index is 4.88. The molecule has 0 saturated carbocycles. The summed E-state index contributed by atoms with van der Waals surface area (Å²) in [7, 11) is 0. The largest absolute Gasteiger partial charge is 0.382 e. The number of nitrogens with zero attached hydrogens (tertiary/aromatic N) is 5. The van der Waals surface area contributed by atoms with E-state index in [2.05, 4.69) is 55.4 Å². The fourth-order valence-electron chi connectivity index (χ4n) is 4.58. The van der Waals surface area contributed by atoms with Crippen LogP contribution in [-0.4, -0.2) is 68.1 Å². The first-order chi connectivity index (χ1) is 16.0. The molecule has 8 nitrogen and oxygen atoms in total. The number of imidazole rings is 1. The summed E-state index contributed by atoms with van der Waals surface area (Å²) in [5, 5.41) is 7.10. The zero-order valence-corrected chi connectivity index (χ0v) is 19.3. The number of hydrogen-bond acceptors (Lipinski definition) is 7. The number of H-pyrrole nitrogens is 1. The molecule has 4 aromatic rings. The molecule has 0 unspecified atom stereocenters. The number of aromatic nitrogens is 5. The monoisotopic (exact) mass is 442 g/mol. The van der Waals surface area contributed by atoms with Crippen molar-refractivity contribution in [3.8, 4) is 22.8 Å². The number of aromatic amines is 1. The summed E-state index contributed by atoms with van der Waals surface area (Å²) in [6.07, 6.45) is 3.57. The van der Waals surface area contributed by atoms with Crippen LogP contribution in [0.2, 0.25) is 0 Å². The standard InChI is InChI=1S/C25H30N8/c1-16-5-4-6-21(31-16)24-25(29-15-28-24)22-8-7-20-23(32-22)11-19(12-27-20)26-9-10-33-13-17(2)30-18(3)14-33/h4-8,11-12,15,17-18,26,30H,9-10,13-14H2,1-3H3,(H,28,29)/t17-,18+. The smallest absolute Gasteiger partial charge is 0.116 e. The number of aryl methyl sites for hydroxylation is 1. The Morgan fingerprint density at radius 2 is 1.85 bits per heavy atom. The lowest BCUT2D eigenvalue weighted by Crippen LogP contribution is -2.54. The van der Waals surface area contributed by atoms with E-state index in [-0.39, 0.29) is 0 Å². The van der Waals surface area contributed by atoms with Gasteiger partial charge in [0.1, 0.15) is 5.69 Å². The second-order valence-corrected chi connectivity index (χ2v) is 8.90. The van der Waals surface area contributed by atoms with Crippen LogP contribution in [0.15, 0.2) is 48.9 Å². The van der Waals surface area contributed by atoms with E-state index in [1.807, 2.05) is 43.5 Å². The first kappa shape index (κ1) is 21.5. The van der Waals surface area contributed by atoms with Crippen molar-refractivity contribution in [1.82, 2.24) is 35.1 Å². The first-order valence-corrected chi connectivity index (χ1v) is 11.5. The van der Waals surface area contributed by atoms with E-state index < -0.39 is 0 Å². The summed E-state index contributed by atoms with van der Waals surface area (Å²) in [6, 6.07) is 13.0. The molecule has 0 spiro atoms. The van der Waals surface area contributed by atoms with Crippen molar-refractivity contribution in [2.24, 2.45) is 0 Å². The van der Waals surface area contributed by atoms with Crippen LogP contribution in [-0.2, 0) is 0 Å².